The van der Waals surface area contributed by atoms with Crippen LogP contribution >= 0.6 is 0 Å². The number of anilines is 1. The topological polar surface area (TPSA) is 101 Å². The third kappa shape index (κ3) is 6.03. The summed E-state index contributed by atoms with van der Waals surface area (Å²) in [5.41, 5.74) is 1.60. The number of H-pyrrole nitrogens is 1. The van der Waals surface area contributed by atoms with Gasteiger partial charge in [-0.25, -0.2) is 13.2 Å². The van der Waals surface area contributed by atoms with Gasteiger partial charge in [0.1, 0.15) is 6.54 Å². The Kier molecular flexibility index (Phi) is 8.90. The molecule has 2 aromatic heterocycles. The third-order valence-electron chi connectivity index (χ3n) is 7.32. The molecule has 2 N–H and O–H groups in total. The van der Waals surface area contributed by atoms with Gasteiger partial charge in [-0.05, 0) is 60.0 Å². The Hall–Kier alpha value is -3.81. The molecule has 0 saturated heterocycles. The van der Waals surface area contributed by atoms with Gasteiger partial charge in [0.2, 0.25) is 35.0 Å². The molecule has 1 amide bonds. The van der Waals surface area contributed by atoms with Gasteiger partial charge in [-0.2, -0.15) is 8.78 Å². The maximum Gasteiger partial charge on any atom is 0.255 e. The highest BCUT2D eigenvalue weighted by Crippen LogP contribution is 2.32. The minimum absolute atomic E-state index is 0.0602. The van der Waals surface area contributed by atoms with Crippen molar-refractivity contribution < 1.29 is 31.3 Å². The van der Waals surface area contributed by atoms with Crippen molar-refractivity contribution in [3.05, 3.63) is 99.5 Å². The van der Waals surface area contributed by atoms with Crippen molar-refractivity contribution in [2.75, 3.05) is 11.4 Å². The molecule has 0 aliphatic heterocycles. The van der Waals surface area contributed by atoms with Gasteiger partial charge in [-0.3, -0.25) is 14.6 Å². The first-order valence-electron chi connectivity index (χ1n) is 13.2. The molecule has 1 aliphatic carbocycles. The molecule has 1 unspecified atom stereocenters. The van der Waals surface area contributed by atoms with E-state index in [-0.39, 0.29) is 12.1 Å². The second-order valence-electron chi connectivity index (χ2n) is 9.96. The van der Waals surface area contributed by atoms with Crippen molar-refractivity contribution in [3.63, 3.8) is 0 Å². The van der Waals surface area contributed by atoms with E-state index in [0.29, 0.717) is 28.1 Å². The molecule has 1 saturated carbocycles. The summed E-state index contributed by atoms with van der Waals surface area (Å²) in [7, 11) is 0. The van der Waals surface area contributed by atoms with Crippen molar-refractivity contribution in [2.24, 2.45) is 0 Å². The Balaban J connectivity index is 1.41. The summed E-state index contributed by atoms with van der Waals surface area (Å²) in [6.07, 6.45) is 8.88. The smallest absolute Gasteiger partial charge is 0.255 e. The summed E-state index contributed by atoms with van der Waals surface area (Å²) < 4.78 is 83.6. The Bertz CT molecular complexity index is 1650. The van der Waals surface area contributed by atoms with E-state index in [4.69, 9.17) is 0 Å². The minimum Gasteiger partial charge on any atom is -0.593 e. The number of hydrogen-bond acceptors (Lipinski definition) is 5. The van der Waals surface area contributed by atoms with E-state index in [9.17, 15) is 36.1 Å². The maximum absolute atomic E-state index is 14.2. The van der Waals surface area contributed by atoms with Gasteiger partial charge in [0, 0.05) is 23.5 Å². The third-order valence-corrected chi connectivity index (χ3v) is 8.46. The van der Waals surface area contributed by atoms with Crippen LogP contribution in [0.1, 0.15) is 49.3 Å². The van der Waals surface area contributed by atoms with E-state index in [1.165, 1.54) is 29.7 Å². The number of aromatic nitrogens is 2. The van der Waals surface area contributed by atoms with E-state index in [0.717, 1.165) is 31.2 Å². The zero-order valence-corrected chi connectivity index (χ0v) is 22.9. The van der Waals surface area contributed by atoms with Crippen LogP contribution in [0.15, 0.2) is 58.5 Å². The van der Waals surface area contributed by atoms with Gasteiger partial charge in [0.25, 0.3) is 10.5 Å². The van der Waals surface area contributed by atoms with E-state index >= 15 is 0 Å². The van der Waals surface area contributed by atoms with Crippen LogP contribution in [0.4, 0.5) is 27.6 Å². The fraction of sp³-hybridized carbons (Fsp3) is 0.276. The Morgan fingerprint density at radius 2 is 1.67 bits per heavy atom. The van der Waals surface area contributed by atoms with E-state index in [1.54, 1.807) is 24.4 Å². The lowest BCUT2D eigenvalue weighted by Crippen LogP contribution is -2.40. The van der Waals surface area contributed by atoms with Gasteiger partial charge in [-0.15, -0.1) is 4.72 Å². The van der Waals surface area contributed by atoms with Crippen molar-refractivity contribution in [1.82, 2.24) is 14.7 Å². The molecule has 2 heterocycles. The number of benzene rings is 2. The van der Waals surface area contributed by atoms with Crippen LogP contribution < -0.4 is 15.2 Å². The highest BCUT2D eigenvalue weighted by atomic mass is 32.2. The number of aromatic amines is 1. The van der Waals surface area contributed by atoms with E-state index in [1.807, 2.05) is 6.07 Å². The van der Waals surface area contributed by atoms with Crippen molar-refractivity contribution in [3.8, 4) is 0 Å². The standard InChI is InChI=1S/C29H25F5N4O3S/c30-23-24(31)26(33)28(27(34)25(23)32)42(41)37-14-22(39)38(20-8-9-21-17(12-20)10-11-35-29(21)40)15-19-7-6-18(13-36-19)16-4-2-1-3-5-16/h6-13,16,37H,1-5,14-15H2,(H,35,40). The van der Waals surface area contributed by atoms with Crippen molar-refractivity contribution in [2.45, 2.75) is 49.5 Å². The van der Waals surface area contributed by atoms with Gasteiger partial charge in [0.15, 0.2) is 0 Å². The molecule has 1 fully saturated rings. The number of hydrogen-bond donors (Lipinski definition) is 2. The number of nitrogens with zero attached hydrogens (tertiary/aromatic N) is 2. The summed E-state index contributed by atoms with van der Waals surface area (Å²) in [4.78, 5) is 32.3. The maximum atomic E-state index is 14.2. The number of carbonyl (C=O) groups is 1. The molecule has 5 rings (SSSR count). The summed E-state index contributed by atoms with van der Waals surface area (Å²) in [6, 6.07) is 10.0. The second kappa shape index (κ2) is 12.6. The summed E-state index contributed by atoms with van der Waals surface area (Å²) in [5, 5.41) is 0.891. The number of amides is 1. The summed E-state index contributed by atoms with van der Waals surface area (Å²) >= 11 is -2.96. The number of fused-ring (bicyclic) bond motifs is 1. The predicted octanol–water partition coefficient (Wildman–Crippen LogP) is 5.51. The molecule has 0 bridgehead atoms. The number of halogens is 5. The lowest BCUT2D eigenvalue weighted by Gasteiger charge is -2.24. The van der Waals surface area contributed by atoms with Gasteiger partial charge in [-0.1, -0.05) is 25.3 Å². The lowest BCUT2D eigenvalue weighted by atomic mass is 9.85. The van der Waals surface area contributed by atoms with E-state index < -0.39 is 57.8 Å². The van der Waals surface area contributed by atoms with Crippen LogP contribution in [-0.4, -0.2) is 27.0 Å². The molecular weight excluding hydrogens is 579 g/mol. The molecule has 7 nitrogen and oxygen atoms in total. The SMILES string of the molecule is O=C(CN[S+]([O-])c1c(F)c(F)c(F)c(F)c1F)N(Cc1ccc(C2CCCCC2)cn1)c1ccc2c(=O)[nH]ccc2c1. The zero-order valence-electron chi connectivity index (χ0n) is 22.1. The second-order valence-corrected chi connectivity index (χ2v) is 11.2. The van der Waals surface area contributed by atoms with Crippen LogP contribution in [0.5, 0.6) is 0 Å². The Morgan fingerprint density at radius 3 is 2.33 bits per heavy atom. The number of rotatable bonds is 8. The van der Waals surface area contributed by atoms with Crippen LogP contribution in [0.3, 0.4) is 0 Å². The summed E-state index contributed by atoms with van der Waals surface area (Å²) in [6.45, 7) is -0.852. The van der Waals surface area contributed by atoms with Crippen LogP contribution in [0, 0.1) is 29.1 Å². The van der Waals surface area contributed by atoms with Crippen LogP contribution in [0.25, 0.3) is 10.8 Å². The lowest BCUT2D eigenvalue weighted by molar-refractivity contribution is -0.117. The van der Waals surface area contributed by atoms with Crippen LogP contribution in [-0.2, 0) is 22.7 Å². The largest absolute Gasteiger partial charge is 0.593 e. The molecule has 220 valence electrons. The fourth-order valence-electron chi connectivity index (χ4n) is 5.08. The van der Waals surface area contributed by atoms with Gasteiger partial charge >= 0.3 is 0 Å². The first-order valence-corrected chi connectivity index (χ1v) is 14.3. The Labute approximate surface area is 240 Å². The molecule has 1 atom stereocenters. The normalized spacial score (nSPS) is 14.7. The number of carbonyl (C=O) groups excluding carboxylic acids is 1. The number of pyridine rings is 2. The molecule has 42 heavy (non-hydrogen) atoms. The highest BCUT2D eigenvalue weighted by molar-refractivity contribution is 7.89. The molecule has 4 aromatic rings. The first kappa shape index (κ1) is 29.7. The van der Waals surface area contributed by atoms with Crippen molar-refractivity contribution >= 4 is 33.7 Å². The minimum atomic E-state index is -2.96. The molecule has 1 aliphatic rings. The monoisotopic (exact) mass is 604 g/mol. The number of nitrogens with one attached hydrogen (secondary N) is 2. The molecule has 2 aromatic carbocycles. The summed E-state index contributed by atoms with van der Waals surface area (Å²) in [5.74, 6) is -11.7. The van der Waals surface area contributed by atoms with Gasteiger partial charge < -0.3 is 14.4 Å². The fourth-order valence-corrected chi connectivity index (χ4v) is 5.99. The predicted molar refractivity (Wildman–Crippen MR) is 146 cm³/mol. The van der Waals surface area contributed by atoms with E-state index in [2.05, 4.69) is 14.7 Å². The molecule has 0 radical (unpaired) electrons. The van der Waals surface area contributed by atoms with Crippen LogP contribution in [0.2, 0.25) is 0 Å². The average Bonchev–Trinajstić information content (AvgIpc) is 3.01. The molecule has 13 heteroatoms. The highest BCUT2D eigenvalue weighted by Gasteiger charge is 2.34. The quantitative estimate of drug-likeness (QED) is 0.120. The van der Waals surface area contributed by atoms with Gasteiger partial charge in [0.05, 0.1) is 23.6 Å². The molecule has 0 spiro atoms. The average molecular weight is 605 g/mol. The van der Waals surface area contributed by atoms with Crippen molar-refractivity contribution in [1.29, 1.82) is 0 Å². The zero-order chi connectivity index (χ0) is 30.0. The first-order chi connectivity index (χ1) is 20.2. The molecular formula is C29H25F5N4O3S. The Morgan fingerprint density at radius 1 is 0.976 bits per heavy atom.